The summed E-state index contributed by atoms with van der Waals surface area (Å²) in [6.45, 7) is 7.37. The molecule has 0 bridgehead atoms. The van der Waals surface area contributed by atoms with E-state index in [0.717, 1.165) is 32.2 Å². The molecule has 1 heterocycles. The zero-order valence-electron chi connectivity index (χ0n) is 11.9. The van der Waals surface area contributed by atoms with Crippen LogP contribution >= 0.6 is 0 Å². The van der Waals surface area contributed by atoms with Crippen LogP contribution in [0.4, 0.5) is 5.69 Å². The van der Waals surface area contributed by atoms with Crippen LogP contribution in [0, 0.1) is 12.3 Å². The van der Waals surface area contributed by atoms with E-state index in [1.807, 2.05) is 0 Å². The molecule has 0 amide bonds. The van der Waals surface area contributed by atoms with Crippen molar-refractivity contribution in [3.63, 3.8) is 0 Å². The molecule has 1 aromatic rings. The number of carbonyl (C=O) groups excluding carboxylic acids is 1. The molecule has 2 rings (SSSR count). The van der Waals surface area contributed by atoms with Gasteiger partial charge in [0.15, 0.2) is 0 Å². The standard InChI is InChI=1S/C16H23NO2/c1-3-17(15-7-5-4-6-14(15)2)12-16(13-18)8-10-19-11-9-16/h4-7,13H,3,8-12H2,1-2H3. The number of hydrogen-bond donors (Lipinski definition) is 0. The smallest absolute Gasteiger partial charge is 0.128 e. The molecule has 0 spiro atoms. The summed E-state index contributed by atoms with van der Waals surface area (Å²) in [7, 11) is 0. The maximum Gasteiger partial charge on any atom is 0.128 e. The molecule has 0 saturated carbocycles. The van der Waals surface area contributed by atoms with Crippen molar-refractivity contribution >= 4 is 12.0 Å². The summed E-state index contributed by atoms with van der Waals surface area (Å²) in [5, 5.41) is 0. The summed E-state index contributed by atoms with van der Waals surface area (Å²) in [4.78, 5) is 13.9. The summed E-state index contributed by atoms with van der Waals surface area (Å²) >= 11 is 0. The summed E-state index contributed by atoms with van der Waals surface area (Å²) in [5.74, 6) is 0. The van der Waals surface area contributed by atoms with Crippen molar-refractivity contribution in [2.75, 3.05) is 31.2 Å². The number of carbonyl (C=O) groups is 1. The number of rotatable bonds is 5. The molecule has 1 aliphatic heterocycles. The van der Waals surface area contributed by atoms with Gasteiger partial charge in [-0.25, -0.2) is 0 Å². The fraction of sp³-hybridized carbons (Fsp3) is 0.562. The first kappa shape index (κ1) is 14.1. The molecule has 1 fully saturated rings. The maximum atomic E-state index is 11.6. The molecule has 19 heavy (non-hydrogen) atoms. The third kappa shape index (κ3) is 3.16. The van der Waals surface area contributed by atoms with Gasteiger partial charge in [-0.05, 0) is 38.3 Å². The van der Waals surface area contributed by atoms with Gasteiger partial charge in [0.1, 0.15) is 6.29 Å². The third-order valence-electron chi connectivity index (χ3n) is 4.08. The van der Waals surface area contributed by atoms with Crippen molar-refractivity contribution in [2.24, 2.45) is 5.41 Å². The first-order valence-electron chi connectivity index (χ1n) is 7.05. The zero-order chi connectivity index (χ0) is 13.7. The quantitative estimate of drug-likeness (QED) is 0.763. The molecular formula is C16H23NO2. The Labute approximate surface area is 115 Å². The van der Waals surface area contributed by atoms with E-state index in [4.69, 9.17) is 4.74 Å². The first-order chi connectivity index (χ1) is 9.21. The summed E-state index contributed by atoms with van der Waals surface area (Å²) in [6, 6.07) is 8.37. The van der Waals surface area contributed by atoms with Crippen molar-refractivity contribution < 1.29 is 9.53 Å². The van der Waals surface area contributed by atoms with Crippen LogP contribution in [0.25, 0.3) is 0 Å². The highest BCUT2D eigenvalue weighted by molar-refractivity contribution is 5.63. The predicted octanol–water partition coefficient (Wildman–Crippen LogP) is 2.82. The molecule has 0 aliphatic carbocycles. The Kier molecular flexibility index (Phi) is 4.59. The monoisotopic (exact) mass is 261 g/mol. The number of ether oxygens (including phenoxy) is 1. The van der Waals surface area contributed by atoms with Crippen molar-refractivity contribution in [1.82, 2.24) is 0 Å². The molecule has 0 N–H and O–H groups in total. The molecule has 1 aromatic carbocycles. The van der Waals surface area contributed by atoms with Crippen LogP contribution in [0.3, 0.4) is 0 Å². The number of benzene rings is 1. The SMILES string of the molecule is CCN(CC1(C=O)CCOCC1)c1ccccc1C. The zero-order valence-corrected chi connectivity index (χ0v) is 11.9. The van der Waals surface area contributed by atoms with Gasteiger partial charge in [-0.2, -0.15) is 0 Å². The van der Waals surface area contributed by atoms with E-state index in [1.54, 1.807) is 0 Å². The summed E-state index contributed by atoms with van der Waals surface area (Å²) in [5.41, 5.74) is 2.26. The normalized spacial score (nSPS) is 18.0. The van der Waals surface area contributed by atoms with E-state index in [-0.39, 0.29) is 5.41 Å². The Morgan fingerprint density at radius 3 is 2.58 bits per heavy atom. The predicted molar refractivity (Wildman–Crippen MR) is 77.6 cm³/mol. The molecule has 3 heteroatoms. The Balaban J connectivity index is 2.18. The van der Waals surface area contributed by atoms with Crippen molar-refractivity contribution in [2.45, 2.75) is 26.7 Å². The van der Waals surface area contributed by atoms with E-state index < -0.39 is 0 Å². The van der Waals surface area contributed by atoms with Crippen molar-refractivity contribution in [1.29, 1.82) is 0 Å². The average Bonchev–Trinajstić information content (AvgIpc) is 2.47. The average molecular weight is 261 g/mol. The molecule has 0 aromatic heterocycles. The second kappa shape index (κ2) is 6.20. The lowest BCUT2D eigenvalue weighted by Crippen LogP contribution is -2.43. The fourth-order valence-corrected chi connectivity index (χ4v) is 2.76. The van der Waals surface area contributed by atoms with Gasteiger partial charge in [0.05, 0.1) is 0 Å². The van der Waals surface area contributed by atoms with Crippen molar-refractivity contribution in [3.8, 4) is 0 Å². The Morgan fingerprint density at radius 2 is 2.00 bits per heavy atom. The van der Waals surface area contributed by atoms with Gasteiger partial charge < -0.3 is 14.4 Å². The molecule has 0 atom stereocenters. The minimum atomic E-state index is -0.240. The number of para-hydroxylation sites is 1. The van der Waals surface area contributed by atoms with E-state index >= 15 is 0 Å². The number of anilines is 1. The molecule has 0 radical (unpaired) electrons. The number of aryl methyl sites for hydroxylation is 1. The van der Waals surface area contributed by atoms with Crippen LogP contribution in [-0.2, 0) is 9.53 Å². The highest BCUT2D eigenvalue weighted by atomic mass is 16.5. The first-order valence-corrected chi connectivity index (χ1v) is 7.05. The van der Waals surface area contributed by atoms with Gasteiger partial charge in [-0.3, -0.25) is 0 Å². The lowest BCUT2D eigenvalue weighted by atomic mass is 9.81. The highest BCUT2D eigenvalue weighted by Crippen LogP contribution is 2.31. The van der Waals surface area contributed by atoms with Gasteiger partial charge in [0.2, 0.25) is 0 Å². The second-order valence-corrected chi connectivity index (χ2v) is 5.39. The minimum absolute atomic E-state index is 0.240. The van der Waals surface area contributed by atoms with Crippen LogP contribution in [-0.4, -0.2) is 32.6 Å². The van der Waals surface area contributed by atoms with Gasteiger partial charge in [-0.15, -0.1) is 0 Å². The Morgan fingerprint density at radius 1 is 1.32 bits per heavy atom. The van der Waals surface area contributed by atoms with Gasteiger partial charge in [-0.1, -0.05) is 18.2 Å². The molecular weight excluding hydrogens is 238 g/mol. The summed E-state index contributed by atoms with van der Waals surface area (Å²) < 4.78 is 5.39. The van der Waals surface area contributed by atoms with Crippen LogP contribution < -0.4 is 4.90 Å². The lowest BCUT2D eigenvalue weighted by Gasteiger charge is -2.38. The number of hydrogen-bond acceptors (Lipinski definition) is 3. The summed E-state index contributed by atoms with van der Waals surface area (Å²) in [6.07, 6.45) is 2.81. The third-order valence-corrected chi connectivity index (χ3v) is 4.08. The van der Waals surface area contributed by atoms with Crippen LogP contribution in [0.2, 0.25) is 0 Å². The highest BCUT2D eigenvalue weighted by Gasteiger charge is 2.34. The largest absolute Gasteiger partial charge is 0.381 e. The van der Waals surface area contributed by atoms with Crippen LogP contribution in [0.5, 0.6) is 0 Å². The molecule has 0 unspecified atom stereocenters. The van der Waals surface area contributed by atoms with Gasteiger partial charge in [0.25, 0.3) is 0 Å². The van der Waals surface area contributed by atoms with E-state index in [1.165, 1.54) is 11.3 Å². The number of nitrogens with zero attached hydrogens (tertiary/aromatic N) is 1. The van der Waals surface area contributed by atoms with Crippen LogP contribution in [0.1, 0.15) is 25.3 Å². The lowest BCUT2D eigenvalue weighted by molar-refractivity contribution is -0.120. The van der Waals surface area contributed by atoms with E-state index in [9.17, 15) is 4.79 Å². The molecule has 3 nitrogen and oxygen atoms in total. The van der Waals surface area contributed by atoms with Gasteiger partial charge >= 0.3 is 0 Å². The van der Waals surface area contributed by atoms with Crippen LogP contribution in [0.15, 0.2) is 24.3 Å². The van der Waals surface area contributed by atoms with Gasteiger partial charge in [0, 0.05) is 37.4 Å². The molecule has 1 aliphatic rings. The molecule has 104 valence electrons. The number of aldehydes is 1. The Bertz CT molecular complexity index is 425. The topological polar surface area (TPSA) is 29.5 Å². The minimum Gasteiger partial charge on any atom is -0.381 e. The van der Waals surface area contributed by atoms with Crippen molar-refractivity contribution in [3.05, 3.63) is 29.8 Å². The second-order valence-electron chi connectivity index (χ2n) is 5.39. The maximum absolute atomic E-state index is 11.6. The fourth-order valence-electron chi connectivity index (χ4n) is 2.76. The van der Waals surface area contributed by atoms with E-state index in [0.29, 0.717) is 13.2 Å². The molecule has 1 saturated heterocycles. The Hall–Kier alpha value is -1.35. The van der Waals surface area contributed by atoms with E-state index in [2.05, 4.69) is 43.0 Å².